The van der Waals surface area contributed by atoms with E-state index < -0.39 is 0 Å². The van der Waals surface area contributed by atoms with E-state index in [0.29, 0.717) is 13.1 Å². The monoisotopic (exact) mass is 358 g/mol. The first-order valence-electron chi connectivity index (χ1n) is 9.00. The number of hydrogen-bond donors (Lipinski definition) is 0. The minimum atomic E-state index is -0.0794. The van der Waals surface area contributed by atoms with Crippen LogP contribution < -0.4 is 4.90 Å². The van der Waals surface area contributed by atoms with Gasteiger partial charge in [0.15, 0.2) is 5.82 Å². The molecule has 0 saturated heterocycles. The standard InChI is InChI=1S/C20H18N6O/c27-20-24-12-6-11-22-18(24)17-13-23-26(16-8-2-1-3-9-16)19(17)25(20)14-15-7-4-5-10-21-15/h1-5,7-10,13H,6,11-12,14H2. The van der Waals surface area contributed by atoms with E-state index in [2.05, 4.69) is 15.1 Å². The molecule has 0 aliphatic carbocycles. The van der Waals surface area contributed by atoms with Crippen LogP contribution in [0.4, 0.5) is 10.6 Å². The molecule has 4 heterocycles. The molecule has 7 nitrogen and oxygen atoms in total. The van der Waals surface area contributed by atoms with Gasteiger partial charge in [0.05, 0.1) is 29.7 Å². The minimum Gasteiger partial charge on any atom is -0.278 e. The molecule has 0 saturated carbocycles. The number of carbonyl (C=O) groups is 1. The highest BCUT2D eigenvalue weighted by Gasteiger charge is 2.39. The number of pyridine rings is 1. The van der Waals surface area contributed by atoms with Gasteiger partial charge in [-0.3, -0.25) is 19.8 Å². The Bertz CT molecular complexity index is 1010. The molecule has 2 amide bonds. The molecular weight excluding hydrogens is 340 g/mol. The number of anilines is 1. The van der Waals surface area contributed by atoms with Crippen LogP contribution in [0.5, 0.6) is 0 Å². The zero-order chi connectivity index (χ0) is 18.2. The van der Waals surface area contributed by atoms with Crippen LogP contribution in [0, 0.1) is 0 Å². The molecular formula is C20H18N6O. The predicted molar refractivity (Wildman–Crippen MR) is 102 cm³/mol. The first kappa shape index (κ1) is 15.7. The van der Waals surface area contributed by atoms with E-state index in [1.807, 2.05) is 53.2 Å². The van der Waals surface area contributed by atoms with Gasteiger partial charge in [-0.25, -0.2) is 9.48 Å². The van der Waals surface area contributed by atoms with E-state index in [-0.39, 0.29) is 6.03 Å². The lowest BCUT2D eigenvalue weighted by Gasteiger charge is -2.38. The van der Waals surface area contributed by atoms with Crippen molar-refractivity contribution in [3.05, 3.63) is 72.2 Å². The third-order valence-corrected chi connectivity index (χ3v) is 4.81. The summed E-state index contributed by atoms with van der Waals surface area (Å²) < 4.78 is 1.81. The second-order valence-electron chi connectivity index (χ2n) is 6.53. The fourth-order valence-electron chi connectivity index (χ4n) is 3.57. The second kappa shape index (κ2) is 6.35. The van der Waals surface area contributed by atoms with Crippen molar-refractivity contribution in [3.8, 4) is 5.69 Å². The SMILES string of the molecule is O=C1N2CCCN=C2c2cnn(-c3ccccc3)c2N1Cc1ccccn1. The highest BCUT2D eigenvalue weighted by Crippen LogP contribution is 2.33. The van der Waals surface area contributed by atoms with Gasteiger partial charge in [0.25, 0.3) is 0 Å². The van der Waals surface area contributed by atoms with Crippen molar-refractivity contribution in [2.75, 3.05) is 18.0 Å². The van der Waals surface area contributed by atoms with E-state index in [4.69, 9.17) is 0 Å². The predicted octanol–water partition coefficient (Wildman–Crippen LogP) is 2.86. The number of carbonyl (C=O) groups excluding carboxylic acids is 1. The molecule has 0 N–H and O–H groups in total. The van der Waals surface area contributed by atoms with Gasteiger partial charge in [-0.05, 0) is 30.7 Å². The summed E-state index contributed by atoms with van der Waals surface area (Å²) in [5, 5.41) is 4.58. The minimum absolute atomic E-state index is 0.0794. The summed E-state index contributed by atoms with van der Waals surface area (Å²) in [5.74, 6) is 1.47. The molecule has 134 valence electrons. The molecule has 0 unspecified atom stereocenters. The number of hydrogen-bond acceptors (Lipinski definition) is 4. The van der Waals surface area contributed by atoms with Crippen molar-refractivity contribution < 1.29 is 4.79 Å². The third-order valence-electron chi connectivity index (χ3n) is 4.81. The molecule has 2 aliphatic heterocycles. The summed E-state index contributed by atoms with van der Waals surface area (Å²) in [6.07, 6.45) is 4.42. The van der Waals surface area contributed by atoms with Crippen molar-refractivity contribution in [2.24, 2.45) is 4.99 Å². The van der Waals surface area contributed by atoms with Crippen molar-refractivity contribution in [2.45, 2.75) is 13.0 Å². The maximum absolute atomic E-state index is 13.3. The Morgan fingerprint density at radius 2 is 1.89 bits per heavy atom. The maximum atomic E-state index is 13.3. The van der Waals surface area contributed by atoms with Crippen molar-refractivity contribution in [3.63, 3.8) is 0 Å². The van der Waals surface area contributed by atoms with E-state index in [1.54, 1.807) is 22.2 Å². The number of amides is 2. The molecule has 1 aromatic carbocycles. The van der Waals surface area contributed by atoms with Crippen LogP contribution in [0.15, 0.2) is 65.9 Å². The topological polar surface area (TPSA) is 66.6 Å². The van der Waals surface area contributed by atoms with Crippen LogP contribution in [0.3, 0.4) is 0 Å². The Morgan fingerprint density at radius 1 is 1.04 bits per heavy atom. The normalized spacial score (nSPS) is 16.0. The summed E-state index contributed by atoms with van der Waals surface area (Å²) in [5.41, 5.74) is 2.62. The van der Waals surface area contributed by atoms with Gasteiger partial charge in [0, 0.05) is 19.3 Å². The Labute approximate surface area is 156 Å². The molecule has 0 fully saturated rings. The number of nitrogens with zero attached hydrogens (tertiary/aromatic N) is 6. The van der Waals surface area contributed by atoms with Gasteiger partial charge >= 0.3 is 6.03 Å². The second-order valence-corrected chi connectivity index (χ2v) is 6.53. The van der Waals surface area contributed by atoms with Crippen molar-refractivity contribution >= 4 is 17.7 Å². The smallest absolute Gasteiger partial charge is 0.278 e. The number of fused-ring (bicyclic) bond motifs is 3. The third kappa shape index (κ3) is 2.59. The average molecular weight is 358 g/mol. The van der Waals surface area contributed by atoms with Crippen LogP contribution in [-0.2, 0) is 6.54 Å². The van der Waals surface area contributed by atoms with E-state index in [1.165, 1.54) is 0 Å². The maximum Gasteiger partial charge on any atom is 0.331 e. The molecule has 7 heteroatoms. The number of aromatic nitrogens is 3. The van der Waals surface area contributed by atoms with Gasteiger partial charge < -0.3 is 0 Å². The molecule has 27 heavy (non-hydrogen) atoms. The van der Waals surface area contributed by atoms with Gasteiger partial charge in [0.1, 0.15) is 5.84 Å². The van der Waals surface area contributed by atoms with Crippen molar-refractivity contribution in [1.29, 1.82) is 0 Å². The van der Waals surface area contributed by atoms with Gasteiger partial charge in [-0.2, -0.15) is 5.10 Å². The van der Waals surface area contributed by atoms with E-state index >= 15 is 0 Å². The summed E-state index contributed by atoms with van der Waals surface area (Å²) in [6, 6.07) is 15.5. The summed E-state index contributed by atoms with van der Waals surface area (Å²) in [4.78, 5) is 25.8. The fraction of sp³-hybridized carbons (Fsp3) is 0.200. The number of urea groups is 1. The highest BCUT2D eigenvalue weighted by molar-refractivity contribution is 6.18. The van der Waals surface area contributed by atoms with E-state index in [0.717, 1.165) is 41.6 Å². The number of para-hydroxylation sites is 1. The first-order chi connectivity index (χ1) is 13.3. The largest absolute Gasteiger partial charge is 0.331 e. The zero-order valence-electron chi connectivity index (χ0n) is 14.7. The Hall–Kier alpha value is -3.48. The molecule has 2 aromatic heterocycles. The molecule has 3 aromatic rings. The van der Waals surface area contributed by atoms with Crippen LogP contribution in [-0.4, -0.2) is 44.6 Å². The van der Waals surface area contributed by atoms with Crippen LogP contribution in [0.2, 0.25) is 0 Å². The van der Waals surface area contributed by atoms with Crippen LogP contribution in [0.1, 0.15) is 17.7 Å². The Balaban J connectivity index is 1.67. The van der Waals surface area contributed by atoms with Gasteiger partial charge in [-0.15, -0.1) is 0 Å². The lowest BCUT2D eigenvalue weighted by atomic mass is 10.1. The number of benzene rings is 1. The number of rotatable bonds is 3. The van der Waals surface area contributed by atoms with E-state index in [9.17, 15) is 4.79 Å². The molecule has 2 aliphatic rings. The van der Waals surface area contributed by atoms with Crippen molar-refractivity contribution in [1.82, 2.24) is 19.7 Å². The van der Waals surface area contributed by atoms with Gasteiger partial charge in [-0.1, -0.05) is 24.3 Å². The summed E-state index contributed by atoms with van der Waals surface area (Å²) in [7, 11) is 0. The summed E-state index contributed by atoms with van der Waals surface area (Å²) in [6.45, 7) is 1.79. The first-order valence-corrected chi connectivity index (χ1v) is 9.00. The molecule has 0 radical (unpaired) electrons. The number of amidine groups is 1. The molecule has 0 bridgehead atoms. The quantitative estimate of drug-likeness (QED) is 0.723. The van der Waals surface area contributed by atoms with Gasteiger partial charge in [0.2, 0.25) is 0 Å². The lowest BCUT2D eigenvalue weighted by molar-refractivity contribution is 0.223. The fourth-order valence-corrected chi connectivity index (χ4v) is 3.57. The highest BCUT2D eigenvalue weighted by atomic mass is 16.2. The Kier molecular flexibility index (Phi) is 3.71. The number of aliphatic imine (C=N–C) groups is 1. The summed E-state index contributed by atoms with van der Waals surface area (Å²) >= 11 is 0. The average Bonchev–Trinajstić information content (AvgIpc) is 3.18. The molecule has 0 spiro atoms. The molecule has 0 atom stereocenters. The zero-order valence-corrected chi connectivity index (χ0v) is 14.7. The van der Waals surface area contributed by atoms with Crippen LogP contribution >= 0.6 is 0 Å². The molecule has 5 rings (SSSR count). The van der Waals surface area contributed by atoms with Crippen LogP contribution in [0.25, 0.3) is 5.69 Å². The lowest BCUT2D eigenvalue weighted by Crippen LogP contribution is -2.53. The Morgan fingerprint density at radius 3 is 2.70 bits per heavy atom.